The molecular weight excluding hydrogens is 330 g/mol. The van der Waals surface area contributed by atoms with E-state index in [0.29, 0.717) is 0 Å². The van der Waals surface area contributed by atoms with Crippen LogP contribution in [-0.2, 0) is 24.0 Å². The van der Waals surface area contributed by atoms with E-state index in [1.165, 1.54) is 13.8 Å². The quantitative estimate of drug-likeness (QED) is 0.284. The first-order chi connectivity index (χ1) is 10.5. The molecule has 0 aromatic heterocycles. The second-order valence-corrected chi connectivity index (χ2v) is 4.74. The minimum Gasteiger partial charge on any atom is -0.480 e. The zero-order valence-electron chi connectivity index (χ0n) is 12.7. The van der Waals surface area contributed by atoms with Crippen molar-refractivity contribution in [2.24, 2.45) is 5.73 Å². The summed E-state index contributed by atoms with van der Waals surface area (Å²) in [5.41, 5.74) is 4.83. The fourth-order valence-corrected chi connectivity index (χ4v) is 1.47. The van der Waals surface area contributed by atoms with Crippen LogP contribution >= 0.6 is 12.6 Å². The summed E-state index contributed by atoms with van der Waals surface area (Å²) in [6.45, 7) is 2.47. The first-order valence-corrected chi connectivity index (χ1v) is 7.03. The van der Waals surface area contributed by atoms with Gasteiger partial charge in [0, 0.05) is 26.0 Å². The van der Waals surface area contributed by atoms with Crippen molar-refractivity contribution < 1.29 is 34.2 Å². The summed E-state index contributed by atoms with van der Waals surface area (Å²) in [6.07, 6.45) is -0.0402. The van der Waals surface area contributed by atoms with Crippen LogP contribution in [-0.4, -0.2) is 57.7 Å². The fourth-order valence-electron chi connectivity index (χ4n) is 1.22. The van der Waals surface area contributed by atoms with Crippen LogP contribution in [0.5, 0.6) is 0 Å². The molecule has 0 aromatic carbocycles. The van der Waals surface area contributed by atoms with E-state index in [1.54, 1.807) is 0 Å². The number of rotatable bonds is 8. The normalized spacial score (nSPS) is 12.0. The molecule has 0 bridgehead atoms. The SMILES string of the molecule is CC(=O)N[C@@H](CCC(N)=O)C(=O)O.CC(=O)N[C@@H](CS)C(=O)O. The lowest BCUT2D eigenvalue weighted by Gasteiger charge is -2.11. The van der Waals surface area contributed by atoms with Crippen LogP contribution in [0.1, 0.15) is 26.7 Å². The highest BCUT2D eigenvalue weighted by atomic mass is 32.1. The zero-order valence-corrected chi connectivity index (χ0v) is 13.6. The van der Waals surface area contributed by atoms with Crippen LogP contribution in [0.15, 0.2) is 0 Å². The predicted octanol–water partition coefficient (Wildman–Crippen LogP) is -1.65. The maximum Gasteiger partial charge on any atom is 0.327 e. The molecule has 0 spiro atoms. The molecule has 0 fully saturated rings. The van der Waals surface area contributed by atoms with Crippen molar-refractivity contribution in [3.8, 4) is 0 Å². The smallest absolute Gasteiger partial charge is 0.327 e. The molecule has 3 amide bonds. The van der Waals surface area contributed by atoms with E-state index in [1.807, 2.05) is 0 Å². The number of hydrogen-bond acceptors (Lipinski definition) is 6. The second kappa shape index (κ2) is 12.3. The number of nitrogens with one attached hydrogen (secondary N) is 2. The van der Waals surface area contributed by atoms with Crippen molar-refractivity contribution in [3.63, 3.8) is 0 Å². The number of carbonyl (C=O) groups excluding carboxylic acids is 3. The third-order valence-corrected chi connectivity index (χ3v) is 2.58. The van der Waals surface area contributed by atoms with Crippen LogP contribution in [0.25, 0.3) is 0 Å². The largest absolute Gasteiger partial charge is 0.480 e. The molecule has 0 aliphatic rings. The first kappa shape index (κ1) is 23.0. The Kier molecular flexibility index (Phi) is 12.3. The zero-order chi connectivity index (χ0) is 18.6. The van der Waals surface area contributed by atoms with Gasteiger partial charge in [-0.05, 0) is 6.42 Å². The Hall–Kier alpha value is -2.30. The van der Waals surface area contributed by atoms with E-state index in [4.69, 9.17) is 15.9 Å². The molecule has 0 rings (SSSR count). The lowest BCUT2D eigenvalue weighted by Crippen LogP contribution is -2.40. The second-order valence-electron chi connectivity index (χ2n) is 4.37. The van der Waals surface area contributed by atoms with Gasteiger partial charge in [0.05, 0.1) is 0 Å². The molecular formula is C12H21N3O7S. The predicted molar refractivity (Wildman–Crippen MR) is 82.8 cm³/mol. The van der Waals surface area contributed by atoms with Gasteiger partial charge in [0.15, 0.2) is 0 Å². The summed E-state index contributed by atoms with van der Waals surface area (Å²) in [6, 6.07) is -1.91. The summed E-state index contributed by atoms with van der Waals surface area (Å²) in [5.74, 6) is -3.52. The third-order valence-electron chi connectivity index (χ3n) is 2.21. The van der Waals surface area contributed by atoms with E-state index in [2.05, 4.69) is 23.3 Å². The van der Waals surface area contributed by atoms with Gasteiger partial charge in [-0.2, -0.15) is 12.6 Å². The highest BCUT2D eigenvalue weighted by Gasteiger charge is 2.18. The van der Waals surface area contributed by atoms with Gasteiger partial charge in [0.2, 0.25) is 17.7 Å². The van der Waals surface area contributed by atoms with Crippen LogP contribution in [0, 0.1) is 0 Å². The molecule has 10 nitrogen and oxygen atoms in total. The maximum atomic E-state index is 10.5. The highest BCUT2D eigenvalue weighted by Crippen LogP contribution is 1.96. The summed E-state index contributed by atoms with van der Waals surface area (Å²) in [5, 5.41) is 21.3. The number of thiol groups is 1. The first-order valence-electron chi connectivity index (χ1n) is 6.40. The molecule has 0 unspecified atom stereocenters. The highest BCUT2D eigenvalue weighted by molar-refractivity contribution is 7.80. The molecule has 11 heteroatoms. The third kappa shape index (κ3) is 14.4. The molecule has 0 heterocycles. The van der Waals surface area contributed by atoms with Crippen molar-refractivity contribution in [3.05, 3.63) is 0 Å². The molecule has 0 aliphatic heterocycles. The molecule has 132 valence electrons. The van der Waals surface area contributed by atoms with E-state index in [9.17, 15) is 24.0 Å². The van der Waals surface area contributed by atoms with Crippen molar-refractivity contribution >= 4 is 42.3 Å². The molecule has 0 aliphatic carbocycles. The summed E-state index contributed by atoms with van der Waals surface area (Å²) < 4.78 is 0. The maximum absolute atomic E-state index is 10.5. The number of carboxylic acids is 2. The molecule has 2 atom stereocenters. The van der Waals surface area contributed by atoms with Crippen LogP contribution in [0.2, 0.25) is 0 Å². The molecule has 23 heavy (non-hydrogen) atoms. The summed E-state index contributed by atoms with van der Waals surface area (Å²) >= 11 is 3.73. The number of carboxylic acid groups (broad SMARTS) is 2. The topological polar surface area (TPSA) is 176 Å². The van der Waals surface area contributed by atoms with Gasteiger partial charge >= 0.3 is 11.9 Å². The lowest BCUT2D eigenvalue weighted by molar-refractivity contribution is -0.142. The van der Waals surface area contributed by atoms with Crippen molar-refractivity contribution in [1.29, 1.82) is 0 Å². The minimum absolute atomic E-state index is 0.0181. The van der Waals surface area contributed by atoms with Crippen molar-refractivity contribution in [2.45, 2.75) is 38.8 Å². The minimum atomic E-state index is -1.17. The number of aliphatic carboxylic acids is 2. The fraction of sp³-hybridized carbons (Fsp3) is 0.583. The van der Waals surface area contributed by atoms with Crippen LogP contribution in [0.4, 0.5) is 0 Å². The van der Waals surface area contributed by atoms with E-state index in [-0.39, 0.29) is 24.5 Å². The standard InChI is InChI=1S/C7H12N2O4.C5H9NO3S/c1-4(10)9-5(7(12)13)2-3-6(8)11;1-3(7)6-4(2-10)5(8)9/h5H,2-3H2,1H3,(H2,8,11)(H,9,10)(H,12,13);4,10H,2H2,1H3,(H,6,7)(H,8,9)/t5-;4-/m00/s1. The Bertz CT molecular complexity index is 456. The number of nitrogens with two attached hydrogens (primary N) is 1. The van der Waals surface area contributed by atoms with Gasteiger partial charge in [0.1, 0.15) is 12.1 Å². The van der Waals surface area contributed by atoms with Gasteiger partial charge in [0.25, 0.3) is 0 Å². The van der Waals surface area contributed by atoms with Gasteiger partial charge in [-0.1, -0.05) is 0 Å². The Labute approximate surface area is 138 Å². The monoisotopic (exact) mass is 351 g/mol. The molecule has 0 radical (unpaired) electrons. The Balaban J connectivity index is 0. The Morgan fingerprint density at radius 2 is 1.35 bits per heavy atom. The van der Waals surface area contributed by atoms with Crippen molar-refractivity contribution in [2.75, 3.05) is 5.75 Å². The molecule has 0 saturated heterocycles. The summed E-state index contributed by atoms with van der Waals surface area (Å²) in [4.78, 5) is 51.8. The van der Waals surface area contributed by atoms with Crippen molar-refractivity contribution in [1.82, 2.24) is 10.6 Å². The molecule has 6 N–H and O–H groups in total. The van der Waals surface area contributed by atoms with Gasteiger partial charge < -0.3 is 26.6 Å². The molecule has 0 saturated carbocycles. The van der Waals surface area contributed by atoms with E-state index in [0.717, 1.165) is 0 Å². The number of amides is 3. The van der Waals surface area contributed by atoms with E-state index >= 15 is 0 Å². The Morgan fingerprint density at radius 3 is 1.57 bits per heavy atom. The van der Waals surface area contributed by atoms with Crippen LogP contribution < -0.4 is 16.4 Å². The number of hydrogen-bond donors (Lipinski definition) is 6. The van der Waals surface area contributed by atoms with Crippen LogP contribution in [0.3, 0.4) is 0 Å². The van der Waals surface area contributed by atoms with Gasteiger partial charge in [-0.25, -0.2) is 9.59 Å². The number of carbonyl (C=O) groups is 5. The lowest BCUT2D eigenvalue weighted by atomic mass is 10.1. The van der Waals surface area contributed by atoms with Gasteiger partial charge in [-0.3, -0.25) is 14.4 Å². The van der Waals surface area contributed by atoms with Gasteiger partial charge in [-0.15, -0.1) is 0 Å². The summed E-state index contributed by atoms with van der Waals surface area (Å²) in [7, 11) is 0. The average Bonchev–Trinajstić information content (AvgIpc) is 2.40. The number of primary amides is 1. The molecule has 0 aromatic rings. The Morgan fingerprint density at radius 1 is 0.957 bits per heavy atom. The van der Waals surface area contributed by atoms with E-state index < -0.39 is 35.8 Å². The average molecular weight is 351 g/mol.